The van der Waals surface area contributed by atoms with Crippen molar-refractivity contribution in [3.8, 4) is 0 Å². The van der Waals surface area contributed by atoms with Crippen LogP contribution in [0.25, 0.3) is 0 Å². The van der Waals surface area contributed by atoms with Crippen LogP contribution in [0.3, 0.4) is 0 Å². The largest absolute Gasteiger partial charge is 0.756 e. The van der Waals surface area contributed by atoms with E-state index in [1.54, 1.807) is 20.8 Å². The predicted octanol–water partition coefficient (Wildman–Crippen LogP) is 3.28. The van der Waals surface area contributed by atoms with Crippen LogP contribution in [0.2, 0.25) is 0 Å². The molecule has 8 heteroatoms. The molecule has 24 heavy (non-hydrogen) atoms. The zero-order chi connectivity index (χ0) is 18.6. The van der Waals surface area contributed by atoms with Gasteiger partial charge in [-0.3, -0.25) is 4.57 Å². The number of rotatable bonds is 7. The Balaban J connectivity index is 0.000000506. The molecule has 0 aliphatic carbocycles. The van der Waals surface area contributed by atoms with E-state index >= 15 is 0 Å². The van der Waals surface area contributed by atoms with Crippen molar-refractivity contribution in [2.45, 2.75) is 33.8 Å². The SMILES string of the molecule is C/C(O)=C/C(=O)OC(C)c1ccccc1.CCOP(=O)([O-])OCC. The van der Waals surface area contributed by atoms with Crippen molar-refractivity contribution in [1.29, 1.82) is 0 Å². The molecule has 1 atom stereocenters. The number of benzene rings is 1. The molecule has 0 amide bonds. The summed E-state index contributed by atoms with van der Waals surface area (Å²) in [6.07, 6.45) is 0.744. The van der Waals surface area contributed by atoms with E-state index in [2.05, 4.69) is 9.05 Å². The van der Waals surface area contributed by atoms with Gasteiger partial charge in [-0.1, -0.05) is 30.3 Å². The molecule has 0 aliphatic rings. The van der Waals surface area contributed by atoms with E-state index in [1.165, 1.54) is 6.92 Å². The maximum atomic E-state index is 11.2. The van der Waals surface area contributed by atoms with Crippen molar-refractivity contribution in [3.05, 3.63) is 47.7 Å². The number of ether oxygens (including phenoxy) is 1. The lowest BCUT2D eigenvalue weighted by Crippen LogP contribution is -2.07. The Morgan fingerprint density at radius 3 is 2.17 bits per heavy atom. The summed E-state index contributed by atoms with van der Waals surface area (Å²) in [6.45, 7) is 6.64. The maximum absolute atomic E-state index is 11.2. The molecule has 0 heterocycles. The zero-order valence-electron chi connectivity index (χ0n) is 14.3. The maximum Gasteiger partial charge on any atom is 0.334 e. The number of allylic oxidation sites excluding steroid dienone is 1. The van der Waals surface area contributed by atoms with Crippen LogP contribution in [0.5, 0.6) is 0 Å². The molecule has 1 N–H and O–H groups in total. The Morgan fingerprint density at radius 2 is 1.75 bits per heavy atom. The van der Waals surface area contributed by atoms with Crippen LogP contribution in [0.1, 0.15) is 39.4 Å². The third-order valence-corrected chi connectivity index (χ3v) is 3.61. The molecule has 1 aromatic rings. The van der Waals surface area contributed by atoms with Crippen LogP contribution >= 0.6 is 7.82 Å². The highest BCUT2D eigenvalue weighted by atomic mass is 31.2. The number of carbonyl (C=O) groups is 1. The molecule has 1 unspecified atom stereocenters. The highest BCUT2D eigenvalue weighted by Gasteiger charge is 2.09. The third kappa shape index (κ3) is 11.0. The van der Waals surface area contributed by atoms with Gasteiger partial charge in [-0.05, 0) is 33.3 Å². The van der Waals surface area contributed by atoms with Gasteiger partial charge in [0, 0.05) is 0 Å². The molecule has 0 aliphatic heterocycles. The summed E-state index contributed by atoms with van der Waals surface area (Å²) in [5.41, 5.74) is 0.926. The average molecular weight is 359 g/mol. The van der Waals surface area contributed by atoms with E-state index in [9.17, 15) is 14.3 Å². The van der Waals surface area contributed by atoms with Gasteiger partial charge in [-0.25, -0.2) is 4.79 Å². The zero-order valence-corrected chi connectivity index (χ0v) is 15.2. The fourth-order valence-corrected chi connectivity index (χ4v) is 2.23. The number of phosphoric ester groups is 1. The summed E-state index contributed by atoms with van der Waals surface area (Å²) in [5, 5.41) is 8.87. The average Bonchev–Trinajstić information content (AvgIpc) is 2.47. The van der Waals surface area contributed by atoms with Crippen molar-refractivity contribution < 1.29 is 33.1 Å². The second-order valence-electron chi connectivity index (χ2n) is 4.56. The Morgan fingerprint density at radius 1 is 1.25 bits per heavy atom. The first-order valence-electron chi connectivity index (χ1n) is 7.44. The van der Waals surface area contributed by atoms with Gasteiger partial charge in [0.2, 0.25) is 0 Å². The van der Waals surface area contributed by atoms with Crippen LogP contribution in [-0.2, 0) is 23.1 Å². The van der Waals surface area contributed by atoms with E-state index in [1.807, 2.05) is 30.3 Å². The minimum absolute atomic E-state index is 0.0553. The first kappa shape index (κ1) is 22.3. The lowest BCUT2D eigenvalue weighted by Gasteiger charge is -2.20. The van der Waals surface area contributed by atoms with E-state index < -0.39 is 13.8 Å². The van der Waals surface area contributed by atoms with Gasteiger partial charge in [0.05, 0.1) is 25.0 Å². The number of aliphatic hydroxyl groups excluding tert-OH is 1. The molecule has 1 rings (SSSR count). The van der Waals surface area contributed by atoms with E-state index in [4.69, 9.17) is 9.84 Å². The molecule has 0 radical (unpaired) electrons. The molecule has 0 fully saturated rings. The Kier molecular flexibility index (Phi) is 11.0. The van der Waals surface area contributed by atoms with Crippen molar-refractivity contribution in [2.75, 3.05) is 13.2 Å². The summed E-state index contributed by atoms with van der Waals surface area (Å²) >= 11 is 0. The van der Waals surface area contributed by atoms with Crippen LogP contribution in [0.15, 0.2) is 42.2 Å². The Labute approximate surface area is 142 Å². The lowest BCUT2D eigenvalue weighted by atomic mass is 10.1. The van der Waals surface area contributed by atoms with Crippen molar-refractivity contribution in [3.63, 3.8) is 0 Å². The number of carbonyl (C=O) groups excluding carboxylic acids is 1. The van der Waals surface area contributed by atoms with Crippen molar-refractivity contribution in [2.24, 2.45) is 0 Å². The fourth-order valence-electron chi connectivity index (χ4n) is 1.52. The first-order valence-corrected chi connectivity index (χ1v) is 8.90. The highest BCUT2D eigenvalue weighted by molar-refractivity contribution is 7.45. The Bertz CT molecular complexity index is 543. The topological polar surface area (TPSA) is 105 Å². The van der Waals surface area contributed by atoms with Crippen LogP contribution in [0, 0.1) is 0 Å². The molecule has 0 aromatic heterocycles. The molecular weight excluding hydrogens is 335 g/mol. The normalized spacial score (nSPS) is 12.8. The number of aliphatic hydroxyl groups is 1. The summed E-state index contributed by atoms with van der Waals surface area (Å²) in [4.78, 5) is 21.6. The van der Waals surface area contributed by atoms with Gasteiger partial charge in [-0.15, -0.1) is 0 Å². The van der Waals surface area contributed by atoms with E-state index in [0.29, 0.717) is 0 Å². The molecule has 1 aromatic carbocycles. The van der Waals surface area contributed by atoms with Gasteiger partial charge < -0.3 is 23.8 Å². The van der Waals surface area contributed by atoms with Gasteiger partial charge >= 0.3 is 5.97 Å². The number of esters is 1. The molecule has 0 bridgehead atoms. The van der Waals surface area contributed by atoms with Crippen molar-refractivity contribution >= 4 is 13.8 Å². The van der Waals surface area contributed by atoms with Gasteiger partial charge in [0.1, 0.15) is 6.10 Å². The monoisotopic (exact) mass is 359 g/mol. The van der Waals surface area contributed by atoms with Gasteiger partial charge in [-0.2, -0.15) is 0 Å². The first-order chi connectivity index (χ1) is 11.2. The van der Waals surface area contributed by atoms with Crippen LogP contribution in [0.4, 0.5) is 0 Å². The van der Waals surface area contributed by atoms with Gasteiger partial charge in [0.25, 0.3) is 7.82 Å². The lowest BCUT2D eigenvalue weighted by molar-refractivity contribution is -0.224. The molecule has 0 saturated carbocycles. The summed E-state index contributed by atoms with van der Waals surface area (Å²) in [5.74, 6) is -0.591. The minimum Gasteiger partial charge on any atom is -0.756 e. The molecule has 0 spiro atoms. The highest BCUT2D eigenvalue weighted by Crippen LogP contribution is 2.37. The van der Waals surface area contributed by atoms with Crippen molar-refractivity contribution in [1.82, 2.24) is 0 Å². The van der Waals surface area contributed by atoms with Crippen LogP contribution in [-0.4, -0.2) is 24.3 Å². The third-order valence-electron chi connectivity index (χ3n) is 2.46. The second kappa shape index (κ2) is 11.8. The number of hydrogen-bond donors (Lipinski definition) is 1. The summed E-state index contributed by atoms with van der Waals surface area (Å²) < 4.78 is 24.0. The number of hydrogen-bond acceptors (Lipinski definition) is 7. The molecule has 136 valence electrons. The summed E-state index contributed by atoms with van der Waals surface area (Å²) in [7, 11) is -3.94. The number of phosphoric acid groups is 1. The fraction of sp³-hybridized carbons (Fsp3) is 0.438. The Hall–Kier alpha value is -1.66. The van der Waals surface area contributed by atoms with E-state index in [0.717, 1.165) is 11.6 Å². The minimum atomic E-state index is -3.94. The van der Waals surface area contributed by atoms with E-state index in [-0.39, 0.29) is 25.1 Å². The molecular formula is C16H24O7P-. The van der Waals surface area contributed by atoms with Gasteiger partial charge in [0.15, 0.2) is 0 Å². The quantitative estimate of drug-likeness (QED) is 0.345. The predicted molar refractivity (Wildman–Crippen MR) is 88.2 cm³/mol. The summed E-state index contributed by atoms with van der Waals surface area (Å²) in [6, 6.07) is 9.43. The van der Waals surface area contributed by atoms with Crippen LogP contribution < -0.4 is 4.89 Å². The standard InChI is InChI=1S/C12H14O3.C4H11O4P/c1-9(13)8-12(14)15-10(2)11-6-4-3-5-7-11;1-3-7-9(5,6)8-4-2/h3-8,10,13H,1-2H3;3-4H2,1-2H3,(H,5,6)/p-1/b9-8-;. The smallest absolute Gasteiger partial charge is 0.334 e. The molecule has 0 saturated heterocycles. The second-order valence-corrected chi connectivity index (χ2v) is 5.97. The molecule has 7 nitrogen and oxygen atoms in total.